The zero-order valence-corrected chi connectivity index (χ0v) is 13.1. The highest BCUT2D eigenvalue weighted by molar-refractivity contribution is 5.87. The number of halogens is 1. The first-order valence-corrected chi connectivity index (χ1v) is 7.62. The lowest BCUT2D eigenvalue weighted by Crippen LogP contribution is -1.96. The molecule has 0 radical (unpaired) electrons. The van der Waals surface area contributed by atoms with Gasteiger partial charge in [0.15, 0.2) is 0 Å². The van der Waals surface area contributed by atoms with Crippen molar-refractivity contribution in [3.8, 4) is 22.8 Å². The lowest BCUT2D eigenvalue weighted by molar-refractivity contribution is 0.415. The summed E-state index contributed by atoms with van der Waals surface area (Å²) >= 11 is 0. The van der Waals surface area contributed by atoms with Crippen LogP contribution in [0.25, 0.3) is 27.8 Å². The summed E-state index contributed by atoms with van der Waals surface area (Å²) in [5, 5.41) is 2.22. The van der Waals surface area contributed by atoms with E-state index in [0.29, 0.717) is 0 Å². The summed E-state index contributed by atoms with van der Waals surface area (Å²) in [6.45, 7) is 0. The van der Waals surface area contributed by atoms with Gasteiger partial charge in [-0.2, -0.15) is 0 Å². The first-order chi connectivity index (χ1) is 11.7. The lowest BCUT2D eigenvalue weighted by Gasteiger charge is -2.09. The minimum absolute atomic E-state index is 0.252. The van der Waals surface area contributed by atoms with Crippen LogP contribution in [0.4, 0.5) is 4.39 Å². The number of imidazole rings is 1. The Bertz CT molecular complexity index is 1010. The van der Waals surface area contributed by atoms with E-state index in [-0.39, 0.29) is 5.82 Å². The molecule has 118 valence electrons. The summed E-state index contributed by atoms with van der Waals surface area (Å²) in [5.74, 6) is 1.38. The normalized spacial score (nSPS) is 10.9. The van der Waals surface area contributed by atoms with Gasteiger partial charge >= 0.3 is 0 Å². The largest absolute Gasteiger partial charge is 0.497 e. The van der Waals surface area contributed by atoms with E-state index in [9.17, 15) is 4.39 Å². The molecule has 0 amide bonds. The fraction of sp³-hybridized carbons (Fsp3) is 0.0500. The SMILES string of the molecule is COc1ccc2ccc(-c3nccn3-c3ccc(F)cc3)cc2c1. The molecule has 0 atom stereocenters. The van der Waals surface area contributed by atoms with Crippen molar-refractivity contribution < 1.29 is 9.13 Å². The molecule has 0 aliphatic carbocycles. The number of hydrogen-bond donors (Lipinski definition) is 0. The maximum Gasteiger partial charge on any atom is 0.144 e. The van der Waals surface area contributed by atoms with E-state index < -0.39 is 0 Å². The Morgan fingerprint density at radius 3 is 2.50 bits per heavy atom. The smallest absolute Gasteiger partial charge is 0.144 e. The van der Waals surface area contributed by atoms with Crippen molar-refractivity contribution >= 4 is 10.8 Å². The van der Waals surface area contributed by atoms with Gasteiger partial charge in [0.05, 0.1) is 7.11 Å². The molecular weight excluding hydrogens is 303 g/mol. The summed E-state index contributed by atoms with van der Waals surface area (Å²) in [6.07, 6.45) is 3.62. The third-order valence-electron chi connectivity index (χ3n) is 4.05. The average Bonchev–Trinajstić information content (AvgIpc) is 3.11. The van der Waals surface area contributed by atoms with Crippen LogP contribution in [-0.4, -0.2) is 16.7 Å². The second-order valence-corrected chi connectivity index (χ2v) is 5.53. The van der Waals surface area contributed by atoms with E-state index in [2.05, 4.69) is 17.1 Å². The highest BCUT2D eigenvalue weighted by Crippen LogP contribution is 2.27. The minimum Gasteiger partial charge on any atom is -0.497 e. The van der Waals surface area contributed by atoms with Gasteiger partial charge in [0.2, 0.25) is 0 Å². The van der Waals surface area contributed by atoms with Crippen LogP contribution in [0, 0.1) is 5.82 Å². The van der Waals surface area contributed by atoms with Crippen LogP contribution in [-0.2, 0) is 0 Å². The monoisotopic (exact) mass is 318 g/mol. The van der Waals surface area contributed by atoms with Gasteiger partial charge in [0.1, 0.15) is 17.4 Å². The number of fused-ring (bicyclic) bond motifs is 1. The van der Waals surface area contributed by atoms with Gasteiger partial charge in [0, 0.05) is 23.6 Å². The Labute approximate surface area is 139 Å². The van der Waals surface area contributed by atoms with Crippen LogP contribution >= 0.6 is 0 Å². The number of benzene rings is 3. The van der Waals surface area contributed by atoms with Gasteiger partial charge < -0.3 is 4.74 Å². The molecule has 4 aromatic rings. The Hall–Kier alpha value is -3.14. The zero-order chi connectivity index (χ0) is 16.5. The predicted octanol–water partition coefficient (Wildman–Crippen LogP) is 4.84. The molecule has 0 saturated heterocycles. The fourth-order valence-electron chi connectivity index (χ4n) is 2.82. The van der Waals surface area contributed by atoms with Crippen LogP contribution in [0.5, 0.6) is 5.75 Å². The fourth-order valence-corrected chi connectivity index (χ4v) is 2.82. The summed E-state index contributed by atoms with van der Waals surface area (Å²) in [6, 6.07) is 18.5. The van der Waals surface area contributed by atoms with Gasteiger partial charge in [0.25, 0.3) is 0 Å². The molecule has 0 aliphatic heterocycles. The number of aromatic nitrogens is 2. The van der Waals surface area contributed by atoms with Crippen molar-refractivity contribution in [2.75, 3.05) is 7.11 Å². The highest BCUT2D eigenvalue weighted by Gasteiger charge is 2.09. The molecule has 3 aromatic carbocycles. The van der Waals surface area contributed by atoms with Crippen molar-refractivity contribution in [1.82, 2.24) is 9.55 Å². The topological polar surface area (TPSA) is 27.1 Å². The molecule has 0 saturated carbocycles. The molecule has 1 aromatic heterocycles. The molecule has 4 rings (SSSR count). The van der Waals surface area contributed by atoms with Gasteiger partial charge in [-0.25, -0.2) is 9.37 Å². The van der Waals surface area contributed by atoms with Crippen LogP contribution in [0.15, 0.2) is 73.1 Å². The minimum atomic E-state index is -0.252. The summed E-state index contributed by atoms with van der Waals surface area (Å²) in [4.78, 5) is 4.47. The van der Waals surface area contributed by atoms with Gasteiger partial charge in [-0.15, -0.1) is 0 Å². The second kappa shape index (κ2) is 5.81. The Morgan fingerprint density at radius 2 is 1.71 bits per heavy atom. The molecule has 4 heteroatoms. The molecule has 3 nitrogen and oxygen atoms in total. The standard InChI is InChI=1S/C20H15FN2O/c1-24-19-9-4-14-2-3-15(12-16(14)13-19)20-22-10-11-23(20)18-7-5-17(21)6-8-18/h2-13H,1H3. The van der Waals surface area contributed by atoms with E-state index in [0.717, 1.165) is 33.6 Å². The van der Waals surface area contributed by atoms with E-state index in [1.807, 2.05) is 35.0 Å². The summed E-state index contributed by atoms with van der Waals surface area (Å²) in [7, 11) is 1.66. The number of nitrogens with zero attached hydrogens (tertiary/aromatic N) is 2. The first-order valence-electron chi connectivity index (χ1n) is 7.62. The molecule has 0 spiro atoms. The molecule has 0 unspecified atom stereocenters. The van der Waals surface area contributed by atoms with Crippen molar-refractivity contribution in [3.05, 3.63) is 78.9 Å². The third kappa shape index (κ3) is 2.52. The molecule has 1 heterocycles. The number of rotatable bonds is 3. The van der Waals surface area contributed by atoms with Gasteiger partial charge in [-0.3, -0.25) is 4.57 Å². The van der Waals surface area contributed by atoms with Gasteiger partial charge in [-0.05, 0) is 53.2 Å². The van der Waals surface area contributed by atoms with Crippen molar-refractivity contribution in [1.29, 1.82) is 0 Å². The van der Waals surface area contributed by atoms with Crippen molar-refractivity contribution in [2.24, 2.45) is 0 Å². The van der Waals surface area contributed by atoms with E-state index in [1.165, 1.54) is 12.1 Å². The lowest BCUT2D eigenvalue weighted by atomic mass is 10.1. The quantitative estimate of drug-likeness (QED) is 0.540. The molecule has 0 bridgehead atoms. The summed E-state index contributed by atoms with van der Waals surface area (Å²) in [5.41, 5.74) is 1.86. The Kier molecular flexibility index (Phi) is 3.50. The third-order valence-corrected chi connectivity index (χ3v) is 4.05. The number of methoxy groups -OCH3 is 1. The van der Waals surface area contributed by atoms with E-state index in [4.69, 9.17) is 4.74 Å². The van der Waals surface area contributed by atoms with Crippen LogP contribution in [0.3, 0.4) is 0 Å². The Morgan fingerprint density at radius 1 is 0.917 bits per heavy atom. The van der Waals surface area contributed by atoms with E-state index in [1.54, 1.807) is 25.4 Å². The second-order valence-electron chi connectivity index (χ2n) is 5.53. The van der Waals surface area contributed by atoms with Crippen molar-refractivity contribution in [2.45, 2.75) is 0 Å². The predicted molar refractivity (Wildman–Crippen MR) is 93.0 cm³/mol. The Balaban J connectivity index is 1.83. The van der Waals surface area contributed by atoms with Crippen LogP contribution in [0.1, 0.15) is 0 Å². The van der Waals surface area contributed by atoms with E-state index >= 15 is 0 Å². The van der Waals surface area contributed by atoms with Crippen LogP contribution in [0.2, 0.25) is 0 Å². The maximum absolute atomic E-state index is 13.2. The van der Waals surface area contributed by atoms with Crippen molar-refractivity contribution in [3.63, 3.8) is 0 Å². The molecule has 0 aliphatic rings. The summed E-state index contributed by atoms with van der Waals surface area (Å²) < 4.78 is 20.4. The average molecular weight is 318 g/mol. The number of ether oxygens (including phenoxy) is 1. The zero-order valence-electron chi connectivity index (χ0n) is 13.1. The molecule has 0 fully saturated rings. The first kappa shape index (κ1) is 14.5. The number of hydrogen-bond acceptors (Lipinski definition) is 2. The molecule has 24 heavy (non-hydrogen) atoms. The van der Waals surface area contributed by atoms with Crippen LogP contribution < -0.4 is 4.74 Å². The highest BCUT2D eigenvalue weighted by atomic mass is 19.1. The van der Waals surface area contributed by atoms with Gasteiger partial charge in [-0.1, -0.05) is 18.2 Å². The molecular formula is C20H15FN2O. The maximum atomic E-state index is 13.2. The molecule has 0 N–H and O–H groups in total.